The molecule has 0 amide bonds. The zero-order valence-corrected chi connectivity index (χ0v) is 2.99. The summed E-state index contributed by atoms with van der Waals surface area (Å²) in [5.74, 6) is 0. The van der Waals surface area contributed by atoms with Crippen LogP contribution in [0.1, 0.15) is 4.11 Å². The van der Waals surface area contributed by atoms with E-state index in [4.69, 9.17) is 4.11 Å². The third kappa shape index (κ3) is 0.516. The van der Waals surface area contributed by atoms with Crippen molar-refractivity contribution in [3.63, 3.8) is 0 Å². The van der Waals surface area contributed by atoms with Gasteiger partial charge in [0.1, 0.15) is 6.26 Å². The molecule has 0 radical (unpaired) electrons. The van der Waals surface area contributed by atoms with Crippen LogP contribution in [0, 0.1) is 0 Å². The van der Waals surface area contributed by atoms with Crippen molar-refractivity contribution in [2.24, 2.45) is 0 Å². The van der Waals surface area contributed by atoms with Gasteiger partial charge in [-0.15, -0.1) is 0 Å². The molecule has 1 rings (SSSR count). The van der Waals surface area contributed by atoms with Gasteiger partial charge in [-0.1, -0.05) is 0 Å². The molecular formula is C4H5NO. The van der Waals surface area contributed by atoms with Gasteiger partial charge in [0.25, 0.3) is 0 Å². The average molecular weight is 86.1 g/mol. The quantitative estimate of drug-likeness (QED) is 0.464. The van der Waals surface area contributed by atoms with Crippen LogP contribution in [0.3, 0.4) is 0 Å². The summed E-state index contributed by atoms with van der Waals surface area (Å²) in [7, 11) is 0. The van der Waals surface area contributed by atoms with Gasteiger partial charge in [-0.05, 0) is 12.1 Å². The molecule has 0 aromatic rings. The monoisotopic (exact) mass is 86.1 g/mol. The smallest absolute Gasteiger partial charge is 0.119 e. The molecule has 1 heterocycles. The summed E-state index contributed by atoms with van der Waals surface area (Å²) in [5.41, 5.74) is 2.12. The first-order chi connectivity index (χ1) is 4.22. The van der Waals surface area contributed by atoms with Crippen molar-refractivity contribution in [2.45, 2.75) is 0 Å². The van der Waals surface area contributed by atoms with Crippen molar-refractivity contribution >= 4 is 0 Å². The molecule has 0 aromatic heterocycles. The molecule has 6 heavy (non-hydrogen) atoms. The van der Waals surface area contributed by atoms with Crippen LogP contribution < -0.4 is 5.48 Å². The van der Waals surface area contributed by atoms with Gasteiger partial charge in [-0.2, -0.15) is 0 Å². The minimum Gasteiger partial charge on any atom is -0.391 e. The summed E-state index contributed by atoms with van der Waals surface area (Å²) in [6, 6.07) is -0.236. The predicted octanol–water partition coefficient (Wildman–Crippen LogP) is 0.549. The first kappa shape index (κ1) is 1.30. The lowest BCUT2D eigenvalue weighted by atomic mass is 10.6. The SMILES string of the molecule is [2H]C1=CONC([2H])=C1[2H]. The van der Waals surface area contributed by atoms with Crippen molar-refractivity contribution in [2.75, 3.05) is 0 Å². The normalized spacial score (nSPS) is 28.0. The van der Waals surface area contributed by atoms with Crippen molar-refractivity contribution in [3.05, 3.63) is 24.5 Å². The van der Waals surface area contributed by atoms with Crippen molar-refractivity contribution in [1.82, 2.24) is 5.48 Å². The van der Waals surface area contributed by atoms with Gasteiger partial charge in [0, 0.05) is 6.18 Å². The lowest BCUT2D eigenvalue weighted by molar-refractivity contribution is 0.172. The summed E-state index contributed by atoms with van der Waals surface area (Å²) in [6.07, 6.45) is 0.892. The molecule has 0 aliphatic carbocycles. The second kappa shape index (κ2) is 1.50. The number of nitrogens with one attached hydrogen (secondary N) is 1. The van der Waals surface area contributed by atoms with E-state index in [0.717, 1.165) is 6.26 Å². The summed E-state index contributed by atoms with van der Waals surface area (Å²) in [6.45, 7) is 0. The van der Waals surface area contributed by atoms with Gasteiger partial charge in [0.15, 0.2) is 0 Å². The third-order valence-corrected chi connectivity index (χ3v) is 0.362. The maximum atomic E-state index is 6.98. The van der Waals surface area contributed by atoms with Gasteiger partial charge in [0.05, 0.1) is 4.11 Å². The Bertz CT molecular complexity index is 186. The molecule has 0 saturated carbocycles. The molecular weight excluding hydrogens is 78.0 g/mol. The van der Waals surface area contributed by atoms with Crippen LogP contribution >= 0.6 is 0 Å². The number of hydroxylamine groups is 1. The Kier molecular flexibility index (Phi) is 0.324. The Morgan fingerprint density at radius 1 is 1.67 bits per heavy atom. The fraction of sp³-hybridized carbons (Fsp3) is 0. The highest BCUT2D eigenvalue weighted by Gasteiger charge is 1.72. The molecule has 0 atom stereocenters. The van der Waals surface area contributed by atoms with Crippen molar-refractivity contribution < 1.29 is 8.95 Å². The molecule has 0 saturated heterocycles. The molecule has 1 aliphatic heterocycles. The summed E-state index contributed by atoms with van der Waals surface area (Å²) < 4.78 is 20.8. The van der Waals surface area contributed by atoms with Gasteiger partial charge in [-0.3, -0.25) is 0 Å². The van der Waals surface area contributed by atoms with E-state index in [-0.39, 0.29) is 18.3 Å². The van der Waals surface area contributed by atoms with Gasteiger partial charge in [-0.25, -0.2) is 5.48 Å². The van der Waals surface area contributed by atoms with E-state index in [1.165, 1.54) is 0 Å². The van der Waals surface area contributed by atoms with Gasteiger partial charge in [0.2, 0.25) is 0 Å². The summed E-state index contributed by atoms with van der Waals surface area (Å²) in [5, 5.41) is 0. The lowest BCUT2D eigenvalue weighted by Crippen LogP contribution is -2.01. The molecule has 0 fully saturated rings. The largest absolute Gasteiger partial charge is 0.391 e. The number of allylic oxidation sites excluding steroid dienone is 2. The minimum absolute atomic E-state index is 0.0845. The standard InChI is InChI=1S/C4H5NO/c1-2-4-6-5-3-1/h1-5H/i1D,2D,3D. The third-order valence-electron chi connectivity index (χ3n) is 0.362. The van der Waals surface area contributed by atoms with Crippen LogP contribution in [-0.4, -0.2) is 0 Å². The first-order valence-electron chi connectivity index (χ1n) is 2.98. The molecule has 0 unspecified atom stereocenters. The number of hydrogen-bond donors (Lipinski definition) is 1. The maximum absolute atomic E-state index is 6.98. The zero-order valence-electron chi connectivity index (χ0n) is 5.99. The van der Waals surface area contributed by atoms with Crippen molar-refractivity contribution in [1.29, 1.82) is 0 Å². The highest BCUT2D eigenvalue weighted by atomic mass is 16.6. The second-order valence-corrected chi connectivity index (χ2v) is 0.732. The number of rotatable bonds is 0. The highest BCUT2D eigenvalue weighted by Crippen LogP contribution is 1.80. The molecule has 1 N–H and O–H groups in total. The van der Waals surface area contributed by atoms with Gasteiger partial charge < -0.3 is 4.84 Å². The summed E-state index contributed by atoms with van der Waals surface area (Å²) >= 11 is 0. The second-order valence-electron chi connectivity index (χ2n) is 0.732. The van der Waals surface area contributed by atoms with Crippen LogP contribution in [0.25, 0.3) is 0 Å². The number of hydrogen-bond acceptors (Lipinski definition) is 2. The topological polar surface area (TPSA) is 21.3 Å². The maximum Gasteiger partial charge on any atom is 0.119 e. The van der Waals surface area contributed by atoms with Crippen LogP contribution in [0.5, 0.6) is 0 Å². The van der Waals surface area contributed by atoms with E-state index in [1.807, 2.05) is 0 Å². The van der Waals surface area contributed by atoms with Crippen LogP contribution in [0.15, 0.2) is 24.5 Å². The average Bonchev–Trinajstić information content (AvgIpc) is 1.83. The molecule has 2 nitrogen and oxygen atoms in total. The van der Waals surface area contributed by atoms with E-state index in [1.54, 1.807) is 0 Å². The predicted molar refractivity (Wildman–Crippen MR) is 22.5 cm³/mol. The van der Waals surface area contributed by atoms with Crippen LogP contribution in [-0.2, 0) is 4.84 Å². The molecule has 0 spiro atoms. The van der Waals surface area contributed by atoms with Crippen LogP contribution in [0.4, 0.5) is 0 Å². The molecule has 0 bridgehead atoms. The van der Waals surface area contributed by atoms with E-state index < -0.39 is 0 Å². The van der Waals surface area contributed by atoms with Crippen molar-refractivity contribution in [3.8, 4) is 0 Å². The molecule has 32 valence electrons. The molecule has 0 aromatic carbocycles. The fourth-order valence-corrected chi connectivity index (χ4v) is 0.179. The Morgan fingerprint density at radius 2 is 2.67 bits per heavy atom. The fourth-order valence-electron chi connectivity index (χ4n) is 0.179. The van der Waals surface area contributed by atoms with E-state index in [2.05, 4.69) is 10.3 Å². The minimum atomic E-state index is -0.178. The Hall–Kier alpha value is -0.920. The Morgan fingerprint density at radius 3 is 3.33 bits per heavy atom. The van der Waals surface area contributed by atoms with E-state index >= 15 is 0 Å². The van der Waals surface area contributed by atoms with Crippen LogP contribution in [0.2, 0.25) is 0 Å². The molecule has 1 aliphatic rings. The van der Waals surface area contributed by atoms with Gasteiger partial charge >= 0.3 is 0 Å². The van der Waals surface area contributed by atoms with E-state index in [0.29, 0.717) is 0 Å². The summed E-state index contributed by atoms with van der Waals surface area (Å²) in [4.78, 5) is 4.40. The lowest BCUT2D eigenvalue weighted by Gasteiger charge is -1.97. The highest BCUT2D eigenvalue weighted by molar-refractivity contribution is 5.00. The Labute approximate surface area is 40.3 Å². The Balaban J connectivity index is 2.88. The van der Waals surface area contributed by atoms with E-state index in [9.17, 15) is 0 Å². The first-order valence-corrected chi connectivity index (χ1v) is 1.48. The zero-order chi connectivity index (χ0) is 6.85. The molecule has 2 heteroatoms.